The number of amides is 1. The molecular formula is C19H23N3OS. The van der Waals surface area contributed by atoms with Gasteiger partial charge >= 0.3 is 0 Å². The van der Waals surface area contributed by atoms with Crippen LogP contribution in [0.2, 0.25) is 0 Å². The molecule has 4 nitrogen and oxygen atoms in total. The summed E-state index contributed by atoms with van der Waals surface area (Å²) < 4.78 is 0. The summed E-state index contributed by atoms with van der Waals surface area (Å²) in [6.45, 7) is 6.35. The molecule has 24 heavy (non-hydrogen) atoms. The van der Waals surface area contributed by atoms with E-state index in [0.29, 0.717) is 6.42 Å². The summed E-state index contributed by atoms with van der Waals surface area (Å²) in [6.07, 6.45) is 4.33. The molecule has 2 aliphatic rings. The van der Waals surface area contributed by atoms with Crippen LogP contribution in [0.4, 0.5) is 10.8 Å². The zero-order valence-corrected chi connectivity index (χ0v) is 15.1. The summed E-state index contributed by atoms with van der Waals surface area (Å²) >= 11 is 1.72. The van der Waals surface area contributed by atoms with Crippen molar-refractivity contribution in [2.75, 3.05) is 22.9 Å². The van der Waals surface area contributed by atoms with Crippen LogP contribution in [0, 0.1) is 0 Å². The fourth-order valence-corrected chi connectivity index (χ4v) is 4.66. The standard InChI is InChI=1S/C19H23N3OS/c1-13(2)22-17-8-6-7-14(15(17)11-18(22)23)16-12-24-19(20-16)21-9-4-3-5-10-21/h6-8,12-13H,3-5,9-11H2,1-2H3. The van der Waals surface area contributed by atoms with Crippen molar-refractivity contribution in [3.63, 3.8) is 0 Å². The first kappa shape index (κ1) is 15.6. The highest BCUT2D eigenvalue weighted by Gasteiger charge is 2.31. The smallest absolute Gasteiger partial charge is 0.231 e. The number of anilines is 2. The van der Waals surface area contributed by atoms with E-state index in [2.05, 4.69) is 36.3 Å². The third-order valence-electron chi connectivity index (χ3n) is 4.92. The molecule has 5 heteroatoms. The Balaban J connectivity index is 1.69. The predicted molar refractivity (Wildman–Crippen MR) is 99.9 cm³/mol. The molecule has 0 N–H and O–H groups in total. The van der Waals surface area contributed by atoms with Gasteiger partial charge in [0, 0.05) is 35.8 Å². The summed E-state index contributed by atoms with van der Waals surface area (Å²) in [5.41, 5.74) is 4.31. The highest BCUT2D eigenvalue weighted by atomic mass is 32.1. The second-order valence-electron chi connectivity index (χ2n) is 6.90. The van der Waals surface area contributed by atoms with Crippen molar-refractivity contribution < 1.29 is 4.79 Å². The molecule has 0 atom stereocenters. The Labute approximate surface area is 147 Å². The minimum absolute atomic E-state index is 0.188. The van der Waals surface area contributed by atoms with E-state index < -0.39 is 0 Å². The molecule has 3 heterocycles. The van der Waals surface area contributed by atoms with Gasteiger partial charge in [-0.2, -0.15) is 0 Å². The van der Waals surface area contributed by atoms with E-state index >= 15 is 0 Å². The Morgan fingerprint density at radius 3 is 2.71 bits per heavy atom. The third-order valence-corrected chi connectivity index (χ3v) is 5.82. The number of fused-ring (bicyclic) bond motifs is 1. The van der Waals surface area contributed by atoms with Gasteiger partial charge in [-0.15, -0.1) is 11.3 Å². The topological polar surface area (TPSA) is 36.4 Å². The highest BCUT2D eigenvalue weighted by Crippen LogP contribution is 2.39. The summed E-state index contributed by atoms with van der Waals surface area (Å²) in [5, 5.41) is 3.26. The Morgan fingerprint density at radius 2 is 1.96 bits per heavy atom. The molecule has 1 aromatic heterocycles. The van der Waals surface area contributed by atoms with Crippen LogP contribution in [-0.4, -0.2) is 30.0 Å². The fraction of sp³-hybridized carbons (Fsp3) is 0.474. The number of hydrogen-bond donors (Lipinski definition) is 0. The van der Waals surface area contributed by atoms with E-state index in [1.54, 1.807) is 11.3 Å². The minimum Gasteiger partial charge on any atom is -0.348 e. The molecule has 1 fully saturated rings. The molecule has 2 aromatic rings. The molecule has 4 rings (SSSR count). The molecule has 0 unspecified atom stereocenters. The van der Waals surface area contributed by atoms with E-state index in [0.717, 1.165) is 40.7 Å². The van der Waals surface area contributed by atoms with E-state index in [1.807, 2.05) is 11.0 Å². The monoisotopic (exact) mass is 341 g/mol. The van der Waals surface area contributed by atoms with Crippen molar-refractivity contribution in [3.05, 3.63) is 29.1 Å². The Bertz CT molecular complexity index is 762. The van der Waals surface area contributed by atoms with Crippen LogP contribution < -0.4 is 9.80 Å². The molecule has 1 amide bonds. The largest absolute Gasteiger partial charge is 0.348 e. The molecular weight excluding hydrogens is 318 g/mol. The summed E-state index contributed by atoms with van der Waals surface area (Å²) in [6, 6.07) is 6.39. The van der Waals surface area contributed by atoms with E-state index in [1.165, 1.54) is 19.3 Å². The molecule has 1 saturated heterocycles. The highest BCUT2D eigenvalue weighted by molar-refractivity contribution is 7.14. The number of hydrogen-bond acceptors (Lipinski definition) is 4. The van der Waals surface area contributed by atoms with Crippen molar-refractivity contribution in [2.45, 2.75) is 45.6 Å². The number of nitrogens with zero attached hydrogens (tertiary/aromatic N) is 3. The normalized spacial score (nSPS) is 17.7. The average Bonchev–Trinajstić information content (AvgIpc) is 3.19. The average molecular weight is 341 g/mol. The van der Waals surface area contributed by atoms with Gasteiger partial charge in [-0.25, -0.2) is 4.98 Å². The van der Waals surface area contributed by atoms with Gasteiger partial charge in [-0.05, 0) is 44.7 Å². The van der Waals surface area contributed by atoms with Crippen LogP contribution in [0.5, 0.6) is 0 Å². The van der Waals surface area contributed by atoms with Crippen molar-refractivity contribution in [1.29, 1.82) is 0 Å². The second-order valence-corrected chi connectivity index (χ2v) is 7.74. The van der Waals surface area contributed by atoms with Gasteiger partial charge in [0.2, 0.25) is 5.91 Å². The fourth-order valence-electron chi connectivity index (χ4n) is 3.78. The maximum absolute atomic E-state index is 12.4. The quantitative estimate of drug-likeness (QED) is 0.843. The van der Waals surface area contributed by atoms with E-state index in [9.17, 15) is 4.79 Å². The molecule has 2 aliphatic heterocycles. The van der Waals surface area contributed by atoms with Crippen molar-refractivity contribution in [1.82, 2.24) is 4.98 Å². The van der Waals surface area contributed by atoms with Gasteiger partial charge in [-0.3, -0.25) is 4.79 Å². The zero-order valence-electron chi connectivity index (χ0n) is 14.3. The maximum Gasteiger partial charge on any atom is 0.231 e. The summed E-state index contributed by atoms with van der Waals surface area (Å²) in [5.74, 6) is 0.193. The molecule has 0 radical (unpaired) electrons. The van der Waals surface area contributed by atoms with Gasteiger partial charge in [0.15, 0.2) is 5.13 Å². The van der Waals surface area contributed by atoms with E-state index in [-0.39, 0.29) is 11.9 Å². The van der Waals surface area contributed by atoms with Crippen molar-refractivity contribution in [2.24, 2.45) is 0 Å². The van der Waals surface area contributed by atoms with Crippen LogP contribution >= 0.6 is 11.3 Å². The number of rotatable bonds is 3. The maximum atomic E-state index is 12.4. The molecule has 0 aliphatic carbocycles. The Morgan fingerprint density at radius 1 is 1.17 bits per heavy atom. The Hall–Kier alpha value is -1.88. The van der Waals surface area contributed by atoms with Gasteiger partial charge in [0.1, 0.15) is 0 Å². The Kier molecular flexibility index (Phi) is 4.04. The molecule has 1 aromatic carbocycles. The molecule has 0 spiro atoms. The lowest BCUT2D eigenvalue weighted by Gasteiger charge is -2.25. The lowest BCUT2D eigenvalue weighted by Crippen LogP contribution is -2.33. The van der Waals surface area contributed by atoms with Gasteiger partial charge < -0.3 is 9.80 Å². The van der Waals surface area contributed by atoms with Crippen molar-refractivity contribution >= 4 is 28.1 Å². The zero-order chi connectivity index (χ0) is 16.7. The first-order valence-electron chi connectivity index (χ1n) is 8.80. The van der Waals surface area contributed by atoms with Crippen LogP contribution in [0.3, 0.4) is 0 Å². The van der Waals surface area contributed by atoms with Crippen LogP contribution in [0.15, 0.2) is 23.6 Å². The number of thiazole rings is 1. The van der Waals surface area contributed by atoms with Crippen LogP contribution in [-0.2, 0) is 11.2 Å². The number of aromatic nitrogens is 1. The number of benzene rings is 1. The molecule has 0 bridgehead atoms. The number of piperidine rings is 1. The minimum atomic E-state index is 0.188. The van der Waals surface area contributed by atoms with E-state index in [4.69, 9.17) is 4.98 Å². The SMILES string of the molecule is CC(C)N1C(=O)Cc2c(-c3csc(N4CCCCC4)n3)cccc21. The summed E-state index contributed by atoms with van der Waals surface area (Å²) in [4.78, 5) is 21.6. The molecule has 126 valence electrons. The van der Waals surface area contributed by atoms with Crippen LogP contribution in [0.25, 0.3) is 11.3 Å². The molecule has 0 saturated carbocycles. The first-order chi connectivity index (χ1) is 11.6. The third kappa shape index (κ3) is 2.61. The number of carbonyl (C=O) groups is 1. The first-order valence-corrected chi connectivity index (χ1v) is 9.68. The second kappa shape index (κ2) is 6.20. The van der Waals surface area contributed by atoms with Gasteiger partial charge in [0.05, 0.1) is 12.1 Å². The predicted octanol–water partition coefficient (Wildman–Crippen LogP) is 4.10. The van der Waals surface area contributed by atoms with Gasteiger partial charge in [-0.1, -0.05) is 12.1 Å². The van der Waals surface area contributed by atoms with Crippen LogP contribution in [0.1, 0.15) is 38.7 Å². The van der Waals surface area contributed by atoms with Crippen molar-refractivity contribution in [3.8, 4) is 11.3 Å². The number of carbonyl (C=O) groups excluding carboxylic acids is 1. The lowest BCUT2D eigenvalue weighted by molar-refractivity contribution is -0.117. The van der Waals surface area contributed by atoms with Gasteiger partial charge in [0.25, 0.3) is 0 Å². The lowest BCUT2D eigenvalue weighted by atomic mass is 10.0. The summed E-state index contributed by atoms with van der Waals surface area (Å²) in [7, 11) is 0.